The summed E-state index contributed by atoms with van der Waals surface area (Å²) in [5.74, 6) is 2.14. The van der Waals surface area contributed by atoms with E-state index in [9.17, 15) is 9.59 Å². The van der Waals surface area contributed by atoms with Gasteiger partial charge in [-0.05, 0) is 73.2 Å². The molecule has 0 spiro atoms. The van der Waals surface area contributed by atoms with Crippen LogP contribution in [-0.4, -0.2) is 37.1 Å². The highest BCUT2D eigenvalue weighted by Gasteiger charge is 2.28. The molecule has 34 heavy (non-hydrogen) atoms. The minimum atomic E-state index is -0.131. The van der Waals surface area contributed by atoms with Gasteiger partial charge in [-0.1, -0.05) is 40.5 Å². The van der Waals surface area contributed by atoms with E-state index in [0.29, 0.717) is 36.2 Å². The lowest BCUT2D eigenvalue weighted by Gasteiger charge is -2.33. The van der Waals surface area contributed by atoms with Crippen LogP contribution in [0, 0.1) is 11.8 Å². The molecule has 0 heterocycles. The van der Waals surface area contributed by atoms with Gasteiger partial charge in [-0.15, -0.1) is 0 Å². The summed E-state index contributed by atoms with van der Waals surface area (Å²) >= 11 is 0. The Morgan fingerprint density at radius 3 is 1.38 bits per heavy atom. The largest absolute Gasteiger partial charge is 0.493 e. The van der Waals surface area contributed by atoms with Gasteiger partial charge in [-0.3, -0.25) is 9.59 Å². The van der Waals surface area contributed by atoms with Crippen LogP contribution in [0.2, 0.25) is 0 Å². The number of hydrogen-bond donors (Lipinski definition) is 2. The van der Waals surface area contributed by atoms with Gasteiger partial charge in [0, 0.05) is 23.2 Å². The molecule has 6 heteroatoms. The molecule has 2 aromatic carbocycles. The minimum absolute atomic E-state index is 0.101. The first-order valence-corrected chi connectivity index (χ1v) is 12.4. The Morgan fingerprint density at radius 2 is 1.06 bits per heavy atom. The summed E-state index contributed by atoms with van der Waals surface area (Å²) in [7, 11) is 0. The monoisotopic (exact) mass is 466 g/mol. The molecule has 2 amide bonds. The zero-order chi connectivity index (χ0) is 24.5. The molecule has 1 saturated carbocycles. The van der Waals surface area contributed by atoms with Crippen LogP contribution in [0.15, 0.2) is 48.5 Å². The molecular weight excluding hydrogens is 428 g/mol. The SMILES string of the molecule is CC(C)COc1ccc(C(=O)NC2CCCCC2NC(=O)c2ccc(OCC(C)C)cc2)cc1. The van der Waals surface area contributed by atoms with Crippen molar-refractivity contribution in [3.63, 3.8) is 0 Å². The molecule has 0 saturated heterocycles. The average Bonchev–Trinajstić information content (AvgIpc) is 2.83. The molecule has 2 N–H and O–H groups in total. The molecule has 2 atom stereocenters. The second-order valence-corrected chi connectivity index (χ2v) is 9.90. The molecule has 3 rings (SSSR count). The lowest BCUT2D eigenvalue weighted by atomic mass is 9.89. The average molecular weight is 467 g/mol. The number of carbonyl (C=O) groups is 2. The lowest BCUT2D eigenvalue weighted by Crippen LogP contribution is -2.53. The molecule has 0 aromatic heterocycles. The van der Waals surface area contributed by atoms with Crippen molar-refractivity contribution in [3.05, 3.63) is 59.7 Å². The zero-order valence-electron chi connectivity index (χ0n) is 20.8. The maximum atomic E-state index is 12.9. The van der Waals surface area contributed by atoms with Crippen molar-refractivity contribution in [2.45, 2.75) is 65.5 Å². The Labute approximate surface area is 203 Å². The highest BCUT2D eigenvalue weighted by Crippen LogP contribution is 2.21. The molecule has 6 nitrogen and oxygen atoms in total. The predicted molar refractivity (Wildman–Crippen MR) is 135 cm³/mol. The van der Waals surface area contributed by atoms with Crippen molar-refractivity contribution >= 4 is 11.8 Å². The molecule has 0 bridgehead atoms. The second-order valence-electron chi connectivity index (χ2n) is 9.90. The maximum absolute atomic E-state index is 12.9. The van der Waals surface area contributed by atoms with Gasteiger partial charge in [0.2, 0.25) is 0 Å². The van der Waals surface area contributed by atoms with Crippen molar-refractivity contribution < 1.29 is 19.1 Å². The summed E-state index contributed by atoms with van der Waals surface area (Å²) in [4.78, 5) is 25.7. The first kappa shape index (κ1) is 25.6. The summed E-state index contributed by atoms with van der Waals surface area (Å²) in [5, 5.41) is 6.27. The molecule has 2 aromatic rings. The van der Waals surface area contributed by atoms with Crippen molar-refractivity contribution in [1.29, 1.82) is 0 Å². The first-order chi connectivity index (χ1) is 16.3. The molecule has 2 unspecified atom stereocenters. The van der Waals surface area contributed by atoms with Crippen LogP contribution in [0.3, 0.4) is 0 Å². The topological polar surface area (TPSA) is 76.7 Å². The number of carbonyl (C=O) groups excluding carboxylic acids is 2. The third kappa shape index (κ3) is 7.79. The standard InChI is InChI=1S/C28H38N2O4/c1-19(2)17-33-23-13-9-21(10-14-23)27(31)29-25-7-5-6-8-26(25)30-28(32)22-11-15-24(16-12-22)34-18-20(3)4/h9-16,19-20,25-26H,5-8,17-18H2,1-4H3,(H,29,31)(H,30,32). The van der Waals surface area contributed by atoms with Gasteiger partial charge in [0.15, 0.2) is 0 Å². The number of benzene rings is 2. The van der Waals surface area contributed by atoms with Crippen LogP contribution >= 0.6 is 0 Å². The second kappa shape index (κ2) is 12.4. The third-order valence-corrected chi connectivity index (χ3v) is 5.80. The van der Waals surface area contributed by atoms with E-state index in [2.05, 4.69) is 38.3 Å². The number of amides is 2. The van der Waals surface area contributed by atoms with E-state index in [1.165, 1.54) is 0 Å². The fraction of sp³-hybridized carbons (Fsp3) is 0.500. The van der Waals surface area contributed by atoms with E-state index < -0.39 is 0 Å². The smallest absolute Gasteiger partial charge is 0.251 e. The van der Waals surface area contributed by atoms with Crippen molar-refractivity contribution in [3.8, 4) is 11.5 Å². The van der Waals surface area contributed by atoms with Gasteiger partial charge in [-0.25, -0.2) is 0 Å². The molecular formula is C28H38N2O4. The van der Waals surface area contributed by atoms with Crippen LogP contribution in [0.1, 0.15) is 74.1 Å². The molecule has 1 aliphatic carbocycles. The van der Waals surface area contributed by atoms with E-state index in [1.807, 2.05) is 24.3 Å². The molecule has 1 fully saturated rings. The van der Waals surface area contributed by atoms with Crippen molar-refractivity contribution in [2.24, 2.45) is 11.8 Å². The van der Waals surface area contributed by atoms with E-state index in [1.54, 1.807) is 24.3 Å². The van der Waals surface area contributed by atoms with Gasteiger partial charge < -0.3 is 20.1 Å². The van der Waals surface area contributed by atoms with Gasteiger partial charge >= 0.3 is 0 Å². The third-order valence-electron chi connectivity index (χ3n) is 5.80. The van der Waals surface area contributed by atoms with Crippen molar-refractivity contribution in [1.82, 2.24) is 10.6 Å². The van der Waals surface area contributed by atoms with Crippen LogP contribution in [0.4, 0.5) is 0 Å². The predicted octanol–water partition coefficient (Wildman–Crippen LogP) is 5.23. The van der Waals surface area contributed by atoms with Crippen LogP contribution in [-0.2, 0) is 0 Å². The van der Waals surface area contributed by atoms with E-state index in [4.69, 9.17) is 9.47 Å². The summed E-state index contributed by atoms with van der Waals surface area (Å²) < 4.78 is 11.4. The van der Waals surface area contributed by atoms with Crippen molar-refractivity contribution in [2.75, 3.05) is 13.2 Å². The number of nitrogens with one attached hydrogen (secondary N) is 2. The summed E-state index contributed by atoms with van der Waals surface area (Å²) in [5.41, 5.74) is 1.18. The fourth-order valence-electron chi connectivity index (χ4n) is 3.91. The summed E-state index contributed by atoms with van der Waals surface area (Å²) in [6.07, 6.45) is 3.74. The Hall–Kier alpha value is -3.02. The fourth-order valence-corrected chi connectivity index (χ4v) is 3.91. The normalized spacial score (nSPS) is 17.9. The van der Waals surface area contributed by atoms with E-state index in [-0.39, 0.29) is 23.9 Å². The summed E-state index contributed by atoms with van der Waals surface area (Å²) in [6, 6.07) is 14.2. The molecule has 1 aliphatic rings. The lowest BCUT2D eigenvalue weighted by molar-refractivity contribution is 0.0862. The highest BCUT2D eigenvalue weighted by atomic mass is 16.5. The number of hydrogen-bond acceptors (Lipinski definition) is 4. The number of rotatable bonds is 10. The highest BCUT2D eigenvalue weighted by molar-refractivity contribution is 5.95. The van der Waals surface area contributed by atoms with Gasteiger partial charge in [0.1, 0.15) is 11.5 Å². The molecule has 184 valence electrons. The number of ether oxygens (including phenoxy) is 2. The first-order valence-electron chi connectivity index (χ1n) is 12.4. The molecule has 0 radical (unpaired) electrons. The quantitative estimate of drug-likeness (QED) is 0.503. The van der Waals surface area contributed by atoms with Crippen LogP contribution in [0.25, 0.3) is 0 Å². The zero-order valence-corrected chi connectivity index (χ0v) is 20.8. The van der Waals surface area contributed by atoms with Gasteiger partial charge in [0.05, 0.1) is 13.2 Å². The van der Waals surface area contributed by atoms with E-state index in [0.717, 1.165) is 37.2 Å². The maximum Gasteiger partial charge on any atom is 0.251 e. The van der Waals surface area contributed by atoms with E-state index >= 15 is 0 Å². The summed E-state index contributed by atoms with van der Waals surface area (Å²) in [6.45, 7) is 9.67. The van der Waals surface area contributed by atoms with Crippen LogP contribution in [0.5, 0.6) is 11.5 Å². The minimum Gasteiger partial charge on any atom is -0.493 e. The Kier molecular flexibility index (Phi) is 9.37. The van der Waals surface area contributed by atoms with Gasteiger partial charge in [0.25, 0.3) is 11.8 Å². The van der Waals surface area contributed by atoms with Crippen LogP contribution < -0.4 is 20.1 Å². The Bertz CT molecular complexity index is 845. The van der Waals surface area contributed by atoms with Gasteiger partial charge in [-0.2, -0.15) is 0 Å². The Balaban J connectivity index is 1.56. The Morgan fingerprint density at radius 1 is 0.706 bits per heavy atom. The molecule has 0 aliphatic heterocycles.